The van der Waals surface area contributed by atoms with Crippen LogP contribution in [0, 0.1) is 0 Å². The summed E-state index contributed by atoms with van der Waals surface area (Å²) in [5, 5.41) is 0.607. The first kappa shape index (κ1) is 10.2. The Hall–Kier alpha value is -1.34. The van der Waals surface area contributed by atoms with Crippen molar-refractivity contribution in [1.29, 1.82) is 0 Å². The van der Waals surface area contributed by atoms with Gasteiger partial charge >= 0.3 is 0 Å². The van der Waals surface area contributed by atoms with Crippen LogP contribution in [0.1, 0.15) is 29.3 Å². The number of allylic oxidation sites excluding steroid dienone is 4. The van der Waals surface area contributed by atoms with E-state index in [4.69, 9.17) is 11.6 Å². The van der Waals surface area contributed by atoms with E-state index >= 15 is 0 Å². The van der Waals surface area contributed by atoms with Crippen LogP contribution < -0.4 is 0 Å². The number of ketones is 1. The second-order valence-electron chi connectivity index (χ2n) is 3.57. The maximum Gasteiger partial charge on any atom is 0.160 e. The Morgan fingerprint density at radius 3 is 2.80 bits per heavy atom. The molecule has 0 N–H and O–H groups in total. The summed E-state index contributed by atoms with van der Waals surface area (Å²) in [6.07, 6.45) is 7.01. The Morgan fingerprint density at radius 2 is 2.20 bits per heavy atom. The first-order chi connectivity index (χ1) is 7.18. The zero-order valence-corrected chi connectivity index (χ0v) is 9.21. The standard InChI is InChI=1S/C13H11ClO/c1-9(15)13-8-11(14)6-7-12(13)10-4-2-3-5-10/h2-4,6-8H,5H2,1H3. The van der Waals surface area contributed by atoms with Crippen LogP contribution in [0.15, 0.2) is 36.4 Å². The topological polar surface area (TPSA) is 17.1 Å². The molecule has 0 saturated carbocycles. The van der Waals surface area contributed by atoms with Gasteiger partial charge in [0, 0.05) is 10.6 Å². The van der Waals surface area contributed by atoms with Crippen LogP contribution in [-0.2, 0) is 0 Å². The van der Waals surface area contributed by atoms with E-state index in [1.807, 2.05) is 24.3 Å². The molecule has 0 radical (unpaired) electrons. The number of rotatable bonds is 2. The highest BCUT2D eigenvalue weighted by molar-refractivity contribution is 6.31. The Morgan fingerprint density at radius 1 is 1.40 bits per heavy atom. The summed E-state index contributed by atoms with van der Waals surface area (Å²) >= 11 is 5.88. The molecule has 0 heterocycles. The molecule has 1 aliphatic carbocycles. The Balaban J connectivity index is 2.51. The Kier molecular flexibility index (Phi) is 2.74. The average Bonchev–Trinajstić information content (AvgIpc) is 2.70. The first-order valence-corrected chi connectivity index (χ1v) is 5.23. The third-order valence-electron chi connectivity index (χ3n) is 2.48. The van der Waals surface area contributed by atoms with Crippen molar-refractivity contribution < 1.29 is 4.79 Å². The fourth-order valence-electron chi connectivity index (χ4n) is 1.73. The number of hydrogen-bond acceptors (Lipinski definition) is 1. The van der Waals surface area contributed by atoms with E-state index in [1.165, 1.54) is 5.57 Å². The normalized spacial score (nSPS) is 14.1. The summed E-state index contributed by atoms with van der Waals surface area (Å²) in [5.74, 6) is 0.0558. The van der Waals surface area contributed by atoms with Gasteiger partial charge in [-0.3, -0.25) is 4.79 Å². The number of Topliss-reactive ketones (excluding diaryl/α,β-unsaturated/α-hetero) is 1. The lowest BCUT2D eigenvalue weighted by Crippen LogP contribution is -1.98. The molecule has 1 aromatic carbocycles. The van der Waals surface area contributed by atoms with Crippen LogP contribution in [0.3, 0.4) is 0 Å². The molecule has 0 fully saturated rings. The zero-order valence-electron chi connectivity index (χ0n) is 8.46. The van der Waals surface area contributed by atoms with Gasteiger partial charge in [-0.2, -0.15) is 0 Å². The molecule has 0 atom stereocenters. The largest absolute Gasteiger partial charge is 0.294 e. The number of carbonyl (C=O) groups is 1. The summed E-state index contributed by atoms with van der Waals surface area (Å²) in [6, 6.07) is 5.47. The third kappa shape index (κ3) is 2.02. The summed E-state index contributed by atoms with van der Waals surface area (Å²) in [4.78, 5) is 11.5. The van der Waals surface area contributed by atoms with Crippen molar-refractivity contribution in [2.45, 2.75) is 13.3 Å². The molecule has 1 aliphatic rings. The van der Waals surface area contributed by atoms with E-state index in [2.05, 4.69) is 6.08 Å². The van der Waals surface area contributed by atoms with E-state index in [9.17, 15) is 4.79 Å². The van der Waals surface area contributed by atoms with Crippen LogP contribution >= 0.6 is 11.6 Å². The van der Waals surface area contributed by atoms with Crippen molar-refractivity contribution in [3.63, 3.8) is 0 Å². The van der Waals surface area contributed by atoms with Crippen molar-refractivity contribution in [1.82, 2.24) is 0 Å². The molecule has 0 spiro atoms. The SMILES string of the molecule is CC(=O)c1cc(Cl)ccc1C1=CC=CC1. The van der Waals surface area contributed by atoms with Crippen molar-refractivity contribution in [2.24, 2.45) is 0 Å². The molecule has 2 rings (SSSR count). The summed E-state index contributed by atoms with van der Waals surface area (Å²) in [7, 11) is 0. The average molecular weight is 219 g/mol. The quantitative estimate of drug-likeness (QED) is 0.689. The van der Waals surface area contributed by atoms with Crippen LogP contribution in [0.25, 0.3) is 5.57 Å². The molecule has 0 amide bonds. The highest BCUT2D eigenvalue weighted by Gasteiger charge is 2.12. The minimum atomic E-state index is 0.0558. The lowest BCUT2D eigenvalue weighted by atomic mass is 9.97. The fraction of sp³-hybridized carbons (Fsp3) is 0.154. The smallest absolute Gasteiger partial charge is 0.160 e. The molecular weight excluding hydrogens is 208 g/mol. The second kappa shape index (κ2) is 4.03. The van der Waals surface area contributed by atoms with Gasteiger partial charge in [0.25, 0.3) is 0 Å². The lowest BCUT2D eigenvalue weighted by molar-refractivity contribution is 0.101. The molecular formula is C13H11ClO. The van der Waals surface area contributed by atoms with Gasteiger partial charge in [0.15, 0.2) is 5.78 Å². The van der Waals surface area contributed by atoms with E-state index in [-0.39, 0.29) is 5.78 Å². The molecule has 1 nitrogen and oxygen atoms in total. The molecule has 0 bridgehead atoms. The predicted molar refractivity (Wildman–Crippen MR) is 63.2 cm³/mol. The first-order valence-electron chi connectivity index (χ1n) is 4.85. The van der Waals surface area contributed by atoms with Gasteiger partial charge in [-0.15, -0.1) is 0 Å². The van der Waals surface area contributed by atoms with E-state index < -0.39 is 0 Å². The van der Waals surface area contributed by atoms with Gasteiger partial charge < -0.3 is 0 Å². The minimum absolute atomic E-state index is 0.0558. The molecule has 1 aromatic rings. The van der Waals surface area contributed by atoms with Gasteiger partial charge in [-0.1, -0.05) is 35.9 Å². The lowest BCUT2D eigenvalue weighted by Gasteiger charge is -2.08. The predicted octanol–water partition coefficient (Wildman–Crippen LogP) is 3.89. The number of hydrogen-bond donors (Lipinski definition) is 0. The maximum absolute atomic E-state index is 11.5. The van der Waals surface area contributed by atoms with Gasteiger partial charge in [0.1, 0.15) is 0 Å². The zero-order chi connectivity index (χ0) is 10.8. The molecule has 0 aliphatic heterocycles. The van der Waals surface area contributed by atoms with Gasteiger partial charge in [-0.05, 0) is 36.6 Å². The molecule has 76 valence electrons. The van der Waals surface area contributed by atoms with E-state index in [0.717, 1.165) is 12.0 Å². The van der Waals surface area contributed by atoms with E-state index in [0.29, 0.717) is 10.6 Å². The number of carbonyl (C=O) groups excluding carboxylic acids is 1. The molecule has 0 saturated heterocycles. The Bertz CT molecular complexity index is 469. The fourth-order valence-corrected chi connectivity index (χ4v) is 1.91. The van der Waals surface area contributed by atoms with E-state index in [1.54, 1.807) is 13.0 Å². The van der Waals surface area contributed by atoms with Crippen LogP contribution in [-0.4, -0.2) is 5.78 Å². The second-order valence-corrected chi connectivity index (χ2v) is 4.01. The molecule has 0 unspecified atom stereocenters. The molecule has 2 heteroatoms. The van der Waals surface area contributed by atoms with Crippen molar-refractivity contribution in [3.05, 3.63) is 52.6 Å². The third-order valence-corrected chi connectivity index (χ3v) is 2.71. The number of benzene rings is 1. The maximum atomic E-state index is 11.5. The molecule has 0 aromatic heterocycles. The van der Waals surface area contributed by atoms with Crippen molar-refractivity contribution in [2.75, 3.05) is 0 Å². The minimum Gasteiger partial charge on any atom is -0.294 e. The summed E-state index contributed by atoms with van der Waals surface area (Å²) in [5.41, 5.74) is 2.88. The molecule has 15 heavy (non-hydrogen) atoms. The van der Waals surface area contributed by atoms with Crippen LogP contribution in [0.5, 0.6) is 0 Å². The summed E-state index contributed by atoms with van der Waals surface area (Å²) < 4.78 is 0. The van der Waals surface area contributed by atoms with Crippen molar-refractivity contribution in [3.8, 4) is 0 Å². The monoisotopic (exact) mass is 218 g/mol. The number of halogens is 1. The summed E-state index contributed by atoms with van der Waals surface area (Å²) in [6.45, 7) is 1.57. The van der Waals surface area contributed by atoms with Gasteiger partial charge in [0.2, 0.25) is 0 Å². The van der Waals surface area contributed by atoms with Crippen molar-refractivity contribution >= 4 is 23.0 Å². The van der Waals surface area contributed by atoms with Crippen LogP contribution in [0.4, 0.5) is 0 Å². The highest BCUT2D eigenvalue weighted by atomic mass is 35.5. The van der Waals surface area contributed by atoms with Crippen LogP contribution in [0.2, 0.25) is 5.02 Å². The highest BCUT2D eigenvalue weighted by Crippen LogP contribution is 2.28. The van der Waals surface area contributed by atoms with Gasteiger partial charge in [-0.25, -0.2) is 0 Å². The Labute approximate surface area is 94.1 Å². The van der Waals surface area contributed by atoms with Gasteiger partial charge in [0.05, 0.1) is 0 Å².